The van der Waals surface area contributed by atoms with Crippen LogP contribution in [0.2, 0.25) is 0 Å². The van der Waals surface area contributed by atoms with Crippen LogP contribution in [0.15, 0.2) is 70.7 Å². The summed E-state index contributed by atoms with van der Waals surface area (Å²) >= 11 is 0. The molecule has 0 amide bonds. The van der Waals surface area contributed by atoms with Gasteiger partial charge >= 0.3 is 0 Å². The van der Waals surface area contributed by atoms with Crippen LogP contribution in [0.5, 0.6) is 23.1 Å². The molecule has 4 rings (SSSR count). The number of para-hydroxylation sites is 2. The first-order chi connectivity index (χ1) is 18.6. The summed E-state index contributed by atoms with van der Waals surface area (Å²) in [5.74, 6) is 0.415. The fourth-order valence-corrected chi connectivity index (χ4v) is 4.62. The average Bonchev–Trinajstić information content (AvgIpc) is 2.93. The lowest BCUT2D eigenvalue weighted by atomic mass is 9.87. The van der Waals surface area contributed by atoms with Gasteiger partial charge in [0.25, 0.3) is 15.9 Å². The molecule has 39 heavy (non-hydrogen) atoms. The standard InChI is InChI=1S/C27H31N5O6S/c1-27(2,3)18-10-12-19(13-11-18)39(34,35)32-23-22(38-21-9-6-5-8-20(21)36-4)26(37-17-16-33)31-25(30-23)24-28-14-7-15-29-24/h5-15,24,28,33H,16-17H2,1-4H3,(H,30,31,32). The van der Waals surface area contributed by atoms with Crippen molar-refractivity contribution in [2.24, 2.45) is 4.99 Å². The Morgan fingerprint density at radius 1 is 1.05 bits per heavy atom. The van der Waals surface area contributed by atoms with Gasteiger partial charge in [-0.15, -0.1) is 0 Å². The van der Waals surface area contributed by atoms with Crippen molar-refractivity contribution in [2.75, 3.05) is 25.0 Å². The summed E-state index contributed by atoms with van der Waals surface area (Å²) in [7, 11) is -2.64. The average molecular weight is 554 g/mol. The van der Waals surface area contributed by atoms with E-state index in [-0.39, 0.29) is 52.5 Å². The Hall–Kier alpha value is -4.16. The number of benzene rings is 2. The van der Waals surface area contributed by atoms with Crippen LogP contribution in [-0.2, 0) is 15.4 Å². The number of ether oxygens (including phenoxy) is 3. The molecule has 2 aromatic carbocycles. The second-order valence-electron chi connectivity index (χ2n) is 9.50. The lowest BCUT2D eigenvalue weighted by Crippen LogP contribution is -2.22. The van der Waals surface area contributed by atoms with Gasteiger partial charge in [0.2, 0.25) is 5.75 Å². The highest BCUT2D eigenvalue weighted by Gasteiger charge is 2.27. The SMILES string of the molecule is COc1ccccc1Oc1c(NS(=O)(=O)c2ccc(C(C)(C)C)cc2)nc(C2N=CC=CN2)nc1OCCO. The van der Waals surface area contributed by atoms with E-state index in [1.165, 1.54) is 19.2 Å². The van der Waals surface area contributed by atoms with Crippen LogP contribution >= 0.6 is 0 Å². The van der Waals surface area contributed by atoms with E-state index in [2.05, 4.69) is 25.0 Å². The fourth-order valence-electron chi connectivity index (χ4n) is 3.61. The third kappa shape index (κ3) is 6.65. The van der Waals surface area contributed by atoms with Gasteiger partial charge in [0, 0.05) is 12.4 Å². The van der Waals surface area contributed by atoms with Crippen molar-refractivity contribution in [1.29, 1.82) is 0 Å². The highest BCUT2D eigenvalue weighted by atomic mass is 32.2. The number of anilines is 1. The summed E-state index contributed by atoms with van der Waals surface area (Å²) in [6.45, 7) is 5.70. The molecule has 0 fully saturated rings. The number of aromatic nitrogens is 2. The van der Waals surface area contributed by atoms with Crippen molar-refractivity contribution in [2.45, 2.75) is 37.2 Å². The number of aliphatic imine (C=N–C) groups is 1. The van der Waals surface area contributed by atoms with Crippen molar-refractivity contribution in [3.63, 3.8) is 0 Å². The van der Waals surface area contributed by atoms with Gasteiger partial charge in [-0.25, -0.2) is 13.4 Å². The maximum absolute atomic E-state index is 13.5. The zero-order valence-corrected chi connectivity index (χ0v) is 22.9. The van der Waals surface area contributed by atoms with Crippen LogP contribution in [0.25, 0.3) is 0 Å². The molecule has 1 aliphatic rings. The monoisotopic (exact) mass is 553 g/mol. The minimum absolute atomic E-state index is 0.0356. The predicted octanol–water partition coefficient (Wildman–Crippen LogP) is 3.93. The number of methoxy groups -OCH3 is 1. The van der Waals surface area contributed by atoms with E-state index in [9.17, 15) is 13.5 Å². The van der Waals surface area contributed by atoms with Gasteiger partial charge < -0.3 is 24.6 Å². The van der Waals surface area contributed by atoms with Gasteiger partial charge in [0.05, 0.1) is 18.6 Å². The molecule has 0 radical (unpaired) electrons. The molecule has 1 atom stereocenters. The van der Waals surface area contributed by atoms with E-state index in [1.54, 1.807) is 54.9 Å². The fraction of sp³-hybridized carbons (Fsp3) is 0.296. The number of allylic oxidation sites excluding steroid dienone is 1. The highest BCUT2D eigenvalue weighted by Crippen LogP contribution is 2.41. The minimum Gasteiger partial charge on any atom is -0.493 e. The van der Waals surface area contributed by atoms with Crippen LogP contribution in [0.1, 0.15) is 38.3 Å². The molecule has 0 saturated heterocycles. The van der Waals surface area contributed by atoms with E-state index in [0.717, 1.165) is 5.56 Å². The molecule has 11 nitrogen and oxygen atoms in total. The maximum Gasteiger partial charge on any atom is 0.263 e. The van der Waals surface area contributed by atoms with Crippen molar-refractivity contribution in [3.05, 3.63) is 72.2 Å². The molecule has 1 unspecified atom stereocenters. The van der Waals surface area contributed by atoms with Crippen LogP contribution in [-0.4, -0.2) is 50.0 Å². The molecule has 0 aliphatic carbocycles. The number of hydrogen-bond donors (Lipinski definition) is 3. The first-order valence-corrected chi connectivity index (χ1v) is 13.6. The molecule has 206 valence electrons. The van der Waals surface area contributed by atoms with Crippen LogP contribution < -0.4 is 24.2 Å². The number of rotatable bonds is 10. The first kappa shape index (κ1) is 27.9. The van der Waals surface area contributed by atoms with Crippen molar-refractivity contribution < 1.29 is 27.7 Å². The molecule has 1 aliphatic heterocycles. The molecule has 1 aromatic heterocycles. The molecule has 12 heteroatoms. The van der Waals surface area contributed by atoms with Crippen LogP contribution in [0.4, 0.5) is 5.82 Å². The number of sulfonamides is 1. The number of hydrogen-bond acceptors (Lipinski definition) is 10. The Bertz CT molecular complexity index is 1470. The lowest BCUT2D eigenvalue weighted by Gasteiger charge is -2.21. The second kappa shape index (κ2) is 11.7. The summed E-state index contributed by atoms with van der Waals surface area (Å²) in [6.07, 6.45) is 4.22. The second-order valence-corrected chi connectivity index (χ2v) is 11.2. The van der Waals surface area contributed by atoms with Crippen molar-refractivity contribution >= 4 is 22.1 Å². The van der Waals surface area contributed by atoms with Gasteiger partial charge in [0.1, 0.15) is 6.61 Å². The molecular formula is C27H31N5O6S. The molecule has 3 aromatic rings. The van der Waals surface area contributed by atoms with E-state index in [4.69, 9.17) is 14.2 Å². The number of aliphatic hydroxyl groups excluding tert-OH is 1. The summed E-state index contributed by atoms with van der Waals surface area (Å²) in [4.78, 5) is 13.2. The van der Waals surface area contributed by atoms with Crippen molar-refractivity contribution in [3.8, 4) is 23.1 Å². The maximum atomic E-state index is 13.5. The third-order valence-corrected chi connectivity index (χ3v) is 7.00. The first-order valence-electron chi connectivity index (χ1n) is 12.2. The van der Waals surface area contributed by atoms with Gasteiger partial charge in [-0.1, -0.05) is 45.0 Å². The summed E-state index contributed by atoms with van der Waals surface area (Å²) in [5, 5.41) is 12.4. The molecule has 0 saturated carbocycles. The molecule has 0 spiro atoms. The molecule has 3 N–H and O–H groups in total. The Balaban J connectivity index is 1.82. The predicted molar refractivity (Wildman–Crippen MR) is 147 cm³/mol. The number of aliphatic hydroxyl groups is 1. The lowest BCUT2D eigenvalue weighted by molar-refractivity contribution is 0.191. The highest BCUT2D eigenvalue weighted by molar-refractivity contribution is 7.92. The van der Waals surface area contributed by atoms with E-state index >= 15 is 0 Å². The van der Waals surface area contributed by atoms with Gasteiger partial charge in [-0.05, 0) is 41.3 Å². The zero-order chi connectivity index (χ0) is 28.0. The van der Waals surface area contributed by atoms with Gasteiger partial charge in [-0.3, -0.25) is 9.71 Å². The molecule has 0 bridgehead atoms. The minimum atomic E-state index is -4.12. The quantitative estimate of drug-likeness (QED) is 0.340. The smallest absolute Gasteiger partial charge is 0.263 e. The third-order valence-electron chi connectivity index (χ3n) is 5.64. The van der Waals surface area contributed by atoms with Crippen molar-refractivity contribution in [1.82, 2.24) is 15.3 Å². The zero-order valence-electron chi connectivity index (χ0n) is 22.1. The van der Waals surface area contributed by atoms with E-state index in [1.807, 2.05) is 20.8 Å². The van der Waals surface area contributed by atoms with Crippen LogP contribution in [0, 0.1) is 0 Å². The molecular weight excluding hydrogens is 522 g/mol. The summed E-state index contributed by atoms with van der Waals surface area (Å²) < 4.78 is 46.7. The Morgan fingerprint density at radius 2 is 1.77 bits per heavy atom. The topological polar surface area (TPSA) is 144 Å². The summed E-state index contributed by atoms with van der Waals surface area (Å²) in [5.41, 5.74) is 0.841. The van der Waals surface area contributed by atoms with E-state index in [0.29, 0.717) is 5.75 Å². The molecule has 2 heterocycles. The van der Waals surface area contributed by atoms with E-state index < -0.39 is 16.2 Å². The van der Waals surface area contributed by atoms with Crippen LogP contribution in [0.3, 0.4) is 0 Å². The normalized spacial score (nSPS) is 14.9. The van der Waals surface area contributed by atoms with Gasteiger partial charge in [0.15, 0.2) is 29.3 Å². The number of nitrogens with zero attached hydrogens (tertiary/aromatic N) is 3. The Morgan fingerprint density at radius 3 is 2.38 bits per heavy atom. The Labute approximate surface area is 227 Å². The Kier molecular flexibility index (Phi) is 8.36. The van der Waals surface area contributed by atoms with Gasteiger partial charge in [-0.2, -0.15) is 4.98 Å². The largest absolute Gasteiger partial charge is 0.493 e. The number of nitrogens with one attached hydrogen (secondary N) is 2. The summed E-state index contributed by atoms with van der Waals surface area (Å²) in [6, 6.07) is 13.4.